The van der Waals surface area contributed by atoms with E-state index in [1.807, 2.05) is 56.3 Å². The summed E-state index contributed by atoms with van der Waals surface area (Å²) in [5.41, 5.74) is 2.41. The Morgan fingerprint density at radius 2 is 1.80 bits per heavy atom. The molecule has 0 aliphatic rings. The fraction of sp³-hybridized carbons (Fsp3) is 0.261. The maximum atomic E-state index is 13.0. The summed E-state index contributed by atoms with van der Waals surface area (Å²) in [5.74, 6) is 0.241. The number of aromatic nitrogens is 2. The van der Waals surface area contributed by atoms with Gasteiger partial charge in [-0.15, -0.1) is 0 Å². The number of nitrogens with one attached hydrogen (secondary N) is 1. The third kappa shape index (κ3) is 3.48. The molecule has 0 saturated carbocycles. The van der Waals surface area contributed by atoms with Gasteiger partial charge in [0.05, 0.1) is 23.7 Å². The topological polar surface area (TPSA) is 87.6 Å². The molecule has 2 N–H and O–H groups in total. The molecular formula is C23H24N4O3. The Morgan fingerprint density at radius 3 is 2.53 bits per heavy atom. The fourth-order valence-electron chi connectivity index (χ4n) is 3.81. The Balaban J connectivity index is 1.92. The van der Waals surface area contributed by atoms with Crippen molar-refractivity contribution in [3.63, 3.8) is 0 Å². The van der Waals surface area contributed by atoms with Crippen molar-refractivity contribution in [3.05, 3.63) is 48.0 Å². The van der Waals surface area contributed by atoms with Crippen molar-refractivity contribution >= 4 is 38.7 Å². The molecule has 0 radical (unpaired) electrons. The van der Waals surface area contributed by atoms with Crippen LogP contribution in [0.5, 0.6) is 11.5 Å². The maximum absolute atomic E-state index is 13.0. The first-order valence-electron chi connectivity index (χ1n) is 9.73. The van der Waals surface area contributed by atoms with E-state index in [-0.39, 0.29) is 23.3 Å². The summed E-state index contributed by atoms with van der Waals surface area (Å²) in [4.78, 5) is 24.5. The van der Waals surface area contributed by atoms with Crippen molar-refractivity contribution in [3.8, 4) is 11.5 Å². The van der Waals surface area contributed by atoms with Gasteiger partial charge in [0.15, 0.2) is 0 Å². The lowest BCUT2D eigenvalue weighted by Gasteiger charge is -2.19. The molecular weight excluding hydrogens is 380 g/mol. The minimum absolute atomic E-state index is 0.0966. The summed E-state index contributed by atoms with van der Waals surface area (Å²) in [6.45, 7) is 2.59. The molecule has 1 aromatic heterocycles. The van der Waals surface area contributed by atoms with Crippen LogP contribution in [0.15, 0.2) is 42.5 Å². The second-order valence-electron chi connectivity index (χ2n) is 7.68. The quantitative estimate of drug-likeness (QED) is 0.392. The van der Waals surface area contributed by atoms with E-state index >= 15 is 0 Å². The second kappa shape index (κ2) is 7.76. The maximum Gasteiger partial charge on any atom is 0.257 e. The second-order valence-corrected chi connectivity index (χ2v) is 7.68. The van der Waals surface area contributed by atoms with Gasteiger partial charge in [-0.2, -0.15) is 0 Å². The van der Waals surface area contributed by atoms with Crippen LogP contribution in [0.1, 0.15) is 17.3 Å². The van der Waals surface area contributed by atoms with Crippen LogP contribution < -0.4 is 10.1 Å². The molecule has 0 aliphatic carbocycles. The number of aromatic hydroxyl groups is 1. The van der Waals surface area contributed by atoms with E-state index in [2.05, 4.69) is 5.32 Å². The standard InChI is InChI=1S/C23H24N4O3/c1-13(12-27(2)3)24-23(29)20-18(28)11-10-17-22(20)26-21-15-6-5-7-19(30-4)14(15)8-9-16(21)25-17/h5-11,13,28H,12H2,1-4H3,(H,24,29)/t13-/m1/s1. The number of hydrogen-bond donors (Lipinski definition) is 2. The number of ether oxygens (including phenoxy) is 1. The smallest absolute Gasteiger partial charge is 0.257 e. The van der Waals surface area contributed by atoms with Gasteiger partial charge in [-0.3, -0.25) is 4.79 Å². The van der Waals surface area contributed by atoms with Gasteiger partial charge in [-0.25, -0.2) is 9.97 Å². The summed E-state index contributed by atoms with van der Waals surface area (Å²) in [6, 6.07) is 12.6. The Hall–Kier alpha value is -3.45. The van der Waals surface area contributed by atoms with E-state index in [0.717, 1.165) is 16.5 Å². The minimum atomic E-state index is -0.376. The van der Waals surface area contributed by atoms with Gasteiger partial charge in [-0.05, 0) is 51.4 Å². The molecule has 3 aromatic carbocycles. The zero-order valence-corrected chi connectivity index (χ0v) is 17.4. The zero-order chi connectivity index (χ0) is 21.4. The highest BCUT2D eigenvalue weighted by Crippen LogP contribution is 2.32. The Morgan fingerprint density at radius 1 is 1.07 bits per heavy atom. The Labute approximate surface area is 174 Å². The highest BCUT2D eigenvalue weighted by Gasteiger charge is 2.20. The predicted molar refractivity (Wildman–Crippen MR) is 118 cm³/mol. The molecule has 4 aromatic rings. The van der Waals surface area contributed by atoms with Crippen molar-refractivity contribution in [1.29, 1.82) is 0 Å². The molecule has 0 spiro atoms. The SMILES string of the molecule is COc1cccc2c1ccc1nc3ccc(O)c(C(=O)N[C@H](C)CN(C)C)c3nc12. The van der Waals surface area contributed by atoms with Crippen molar-refractivity contribution in [1.82, 2.24) is 20.2 Å². The van der Waals surface area contributed by atoms with Crippen LogP contribution >= 0.6 is 0 Å². The number of phenols is 1. The summed E-state index contributed by atoms with van der Waals surface area (Å²) < 4.78 is 5.46. The molecule has 1 heterocycles. The monoisotopic (exact) mass is 404 g/mol. The Bertz CT molecular complexity index is 1270. The molecule has 1 atom stereocenters. The van der Waals surface area contributed by atoms with Gasteiger partial charge in [0, 0.05) is 23.4 Å². The molecule has 0 aliphatic heterocycles. The number of fused-ring (bicyclic) bond motifs is 4. The third-order valence-corrected chi connectivity index (χ3v) is 5.03. The highest BCUT2D eigenvalue weighted by atomic mass is 16.5. The molecule has 30 heavy (non-hydrogen) atoms. The first-order chi connectivity index (χ1) is 14.4. The van der Waals surface area contributed by atoms with Crippen LogP contribution in [0, 0.1) is 0 Å². The highest BCUT2D eigenvalue weighted by molar-refractivity contribution is 6.12. The molecule has 154 valence electrons. The van der Waals surface area contributed by atoms with Crippen molar-refractivity contribution in [2.24, 2.45) is 0 Å². The summed E-state index contributed by atoms with van der Waals surface area (Å²) in [7, 11) is 5.50. The molecule has 0 fully saturated rings. The number of amides is 1. The largest absolute Gasteiger partial charge is 0.507 e. The first kappa shape index (κ1) is 19.8. The van der Waals surface area contributed by atoms with E-state index in [4.69, 9.17) is 14.7 Å². The normalized spacial score (nSPS) is 12.6. The minimum Gasteiger partial charge on any atom is -0.507 e. The van der Waals surface area contributed by atoms with E-state index in [0.29, 0.717) is 28.6 Å². The molecule has 0 saturated heterocycles. The number of hydrogen-bond acceptors (Lipinski definition) is 6. The molecule has 0 unspecified atom stereocenters. The van der Waals surface area contributed by atoms with E-state index in [1.54, 1.807) is 13.2 Å². The van der Waals surface area contributed by atoms with Gasteiger partial charge < -0.3 is 20.1 Å². The number of carbonyl (C=O) groups excluding carboxylic acids is 1. The molecule has 7 nitrogen and oxygen atoms in total. The zero-order valence-electron chi connectivity index (χ0n) is 17.4. The number of benzene rings is 3. The van der Waals surface area contributed by atoms with Gasteiger partial charge in [0.1, 0.15) is 22.6 Å². The predicted octanol–water partition coefficient (Wildman–Crippen LogP) is 3.33. The van der Waals surface area contributed by atoms with Gasteiger partial charge in [0.2, 0.25) is 0 Å². The van der Waals surface area contributed by atoms with E-state index in [9.17, 15) is 9.90 Å². The van der Waals surface area contributed by atoms with Crippen LogP contribution in [0.25, 0.3) is 32.8 Å². The van der Waals surface area contributed by atoms with E-state index < -0.39 is 0 Å². The van der Waals surface area contributed by atoms with Gasteiger partial charge >= 0.3 is 0 Å². The van der Waals surface area contributed by atoms with Crippen molar-refractivity contribution < 1.29 is 14.6 Å². The van der Waals surface area contributed by atoms with Crippen LogP contribution in [-0.4, -0.2) is 59.7 Å². The number of methoxy groups -OCH3 is 1. The summed E-state index contributed by atoms with van der Waals surface area (Å²) in [5, 5.41) is 15.2. The first-order valence-corrected chi connectivity index (χ1v) is 9.73. The summed E-state index contributed by atoms with van der Waals surface area (Å²) in [6.07, 6.45) is 0. The fourth-order valence-corrected chi connectivity index (χ4v) is 3.81. The van der Waals surface area contributed by atoms with Crippen LogP contribution in [0.2, 0.25) is 0 Å². The van der Waals surface area contributed by atoms with Gasteiger partial charge in [0.25, 0.3) is 5.91 Å². The van der Waals surface area contributed by atoms with Crippen molar-refractivity contribution in [2.45, 2.75) is 13.0 Å². The van der Waals surface area contributed by atoms with Gasteiger partial charge in [-0.1, -0.05) is 12.1 Å². The van der Waals surface area contributed by atoms with Crippen LogP contribution in [0.4, 0.5) is 0 Å². The lowest BCUT2D eigenvalue weighted by atomic mass is 10.1. The molecule has 4 rings (SSSR count). The lowest BCUT2D eigenvalue weighted by molar-refractivity contribution is 0.0933. The van der Waals surface area contributed by atoms with Crippen LogP contribution in [-0.2, 0) is 0 Å². The summed E-state index contributed by atoms with van der Waals surface area (Å²) >= 11 is 0. The molecule has 0 bridgehead atoms. The van der Waals surface area contributed by atoms with Crippen molar-refractivity contribution in [2.75, 3.05) is 27.7 Å². The molecule has 1 amide bonds. The average Bonchev–Trinajstić information content (AvgIpc) is 2.70. The number of nitrogens with zero attached hydrogens (tertiary/aromatic N) is 3. The lowest BCUT2D eigenvalue weighted by Crippen LogP contribution is -2.39. The average molecular weight is 404 g/mol. The third-order valence-electron chi connectivity index (χ3n) is 5.03. The number of likely N-dealkylation sites (N-methyl/N-ethyl adjacent to an activating group) is 1. The Kier molecular flexibility index (Phi) is 5.13. The number of carbonyl (C=O) groups is 1. The van der Waals surface area contributed by atoms with Crippen LogP contribution in [0.3, 0.4) is 0 Å². The number of phenolic OH excluding ortho intramolecular Hbond substituents is 1. The van der Waals surface area contributed by atoms with E-state index in [1.165, 1.54) is 6.07 Å². The number of rotatable bonds is 5. The molecule has 7 heteroatoms.